The fraction of sp³-hybridized carbons (Fsp3) is 0.333. The number of piperidine rings is 1. The molecule has 15 heteroatoms. The number of amides is 2. The van der Waals surface area contributed by atoms with E-state index in [9.17, 15) is 32.7 Å². The molecule has 0 aromatic carbocycles. The number of fused-ring (bicyclic) bond motifs is 2. The summed E-state index contributed by atoms with van der Waals surface area (Å²) in [7, 11) is 2.02. The summed E-state index contributed by atoms with van der Waals surface area (Å²) in [5.41, 5.74) is -1.03. The predicted octanol–water partition coefficient (Wildman–Crippen LogP) is 4.17. The molecule has 42 heavy (non-hydrogen) atoms. The summed E-state index contributed by atoms with van der Waals surface area (Å²) in [5, 5.41) is 15.8. The van der Waals surface area contributed by atoms with Crippen LogP contribution in [0.15, 0.2) is 40.9 Å². The number of anilines is 1. The summed E-state index contributed by atoms with van der Waals surface area (Å²) in [6, 6.07) is 2.33. The van der Waals surface area contributed by atoms with Gasteiger partial charge in [-0.3, -0.25) is 10.1 Å². The lowest BCUT2D eigenvalue weighted by Crippen LogP contribution is -2.28. The molecule has 1 aliphatic heterocycles. The van der Waals surface area contributed by atoms with E-state index < -0.39 is 34.9 Å². The van der Waals surface area contributed by atoms with E-state index in [0.717, 1.165) is 29.8 Å². The summed E-state index contributed by atoms with van der Waals surface area (Å²) in [6.45, 7) is 3.77. The highest BCUT2D eigenvalue weighted by atomic mass is 32.1. The van der Waals surface area contributed by atoms with Crippen LogP contribution in [0, 0.1) is 11.8 Å². The normalized spacial score (nSPS) is 20.0. The van der Waals surface area contributed by atoms with Crippen molar-refractivity contribution < 1.29 is 27.9 Å². The Bertz CT molecular complexity index is 1790. The maximum absolute atomic E-state index is 13.4. The average Bonchev–Trinajstić information content (AvgIpc) is 3.26. The van der Waals surface area contributed by atoms with Crippen LogP contribution in [0.5, 0.6) is 0 Å². The lowest BCUT2D eigenvalue weighted by atomic mass is 10.0. The van der Waals surface area contributed by atoms with Crippen LogP contribution in [0.2, 0.25) is 0 Å². The molecule has 0 radical (unpaired) electrons. The SMILES string of the molecule is CCNC(=O)Nc1cc(-c2nc(C(F)(F)F)cs2)c(-c2cnc3c(c2)c(=O)c(C(=O)O)cn3C2[C@H]3CN(C)C[C@@H]23)cn1. The Morgan fingerprint density at radius 2 is 1.88 bits per heavy atom. The number of alkyl halides is 3. The minimum Gasteiger partial charge on any atom is -0.477 e. The molecule has 1 aliphatic carbocycles. The number of nitrogens with zero attached hydrogens (tertiary/aromatic N) is 5. The summed E-state index contributed by atoms with van der Waals surface area (Å²) in [5.74, 6) is -0.665. The Hall–Kier alpha value is -4.37. The van der Waals surface area contributed by atoms with Crippen molar-refractivity contribution in [1.82, 2.24) is 29.7 Å². The van der Waals surface area contributed by atoms with Crippen LogP contribution in [0.25, 0.3) is 32.7 Å². The summed E-state index contributed by atoms with van der Waals surface area (Å²) >= 11 is 0.758. The largest absolute Gasteiger partial charge is 0.477 e. The first-order valence-electron chi connectivity index (χ1n) is 13.0. The summed E-state index contributed by atoms with van der Waals surface area (Å²) in [4.78, 5) is 52.2. The molecule has 11 nitrogen and oxygen atoms in total. The van der Waals surface area contributed by atoms with Gasteiger partial charge in [0.1, 0.15) is 22.0 Å². The maximum Gasteiger partial charge on any atom is 0.434 e. The van der Waals surface area contributed by atoms with Gasteiger partial charge in [0.15, 0.2) is 5.69 Å². The van der Waals surface area contributed by atoms with Gasteiger partial charge in [0.05, 0.1) is 5.39 Å². The number of pyridine rings is 3. The molecule has 2 aliphatic rings. The van der Waals surface area contributed by atoms with E-state index in [4.69, 9.17) is 0 Å². The Labute approximate surface area is 240 Å². The fourth-order valence-electron chi connectivity index (χ4n) is 5.66. The van der Waals surface area contributed by atoms with Gasteiger partial charge < -0.3 is 19.9 Å². The Morgan fingerprint density at radius 3 is 2.52 bits per heavy atom. The van der Waals surface area contributed by atoms with Gasteiger partial charge in [0, 0.05) is 66.3 Å². The standard InChI is InChI=1S/C27H24F3N7O4S/c1-3-31-26(41)35-20-5-13(24-34-19(11-42-24)27(28,29)30)15(7-32-20)12-4-14-22(38)18(25(39)40)10-37(23(14)33-6-12)21-16-8-36(2)9-17(16)21/h4-7,10-11,16-17,21H,3,8-9H2,1-2H3,(H,39,40)(H2,31,32,35,41)/t16-,17+,21?. The van der Waals surface area contributed by atoms with E-state index >= 15 is 0 Å². The number of carbonyl (C=O) groups excluding carboxylic acids is 1. The van der Waals surface area contributed by atoms with E-state index in [0.29, 0.717) is 35.2 Å². The van der Waals surface area contributed by atoms with Crippen LogP contribution in [0.3, 0.4) is 0 Å². The second-order valence-electron chi connectivity index (χ2n) is 10.4. The minimum atomic E-state index is -4.66. The Kier molecular flexibility index (Phi) is 6.73. The molecule has 3 atom stereocenters. The number of rotatable bonds is 6. The third kappa shape index (κ3) is 4.87. The van der Waals surface area contributed by atoms with E-state index in [1.54, 1.807) is 11.5 Å². The van der Waals surface area contributed by atoms with Crippen LogP contribution < -0.4 is 16.1 Å². The predicted molar refractivity (Wildman–Crippen MR) is 149 cm³/mol. The van der Waals surface area contributed by atoms with Gasteiger partial charge >= 0.3 is 18.2 Å². The molecular weight excluding hydrogens is 575 g/mol. The summed E-state index contributed by atoms with van der Waals surface area (Å²) < 4.78 is 41.9. The number of urea groups is 1. The second-order valence-corrected chi connectivity index (χ2v) is 11.2. The van der Waals surface area contributed by atoms with Gasteiger partial charge in [-0.1, -0.05) is 0 Å². The number of hydrogen-bond donors (Lipinski definition) is 3. The van der Waals surface area contributed by atoms with Crippen molar-refractivity contribution in [1.29, 1.82) is 0 Å². The molecule has 4 aromatic rings. The molecule has 0 bridgehead atoms. The van der Waals surface area contributed by atoms with Gasteiger partial charge in [0.25, 0.3) is 0 Å². The number of aromatic nitrogens is 4. The monoisotopic (exact) mass is 599 g/mol. The van der Waals surface area contributed by atoms with Crippen LogP contribution in [0.4, 0.5) is 23.8 Å². The summed E-state index contributed by atoms with van der Waals surface area (Å²) in [6.07, 6.45) is -0.498. The minimum absolute atomic E-state index is 0.00500. The molecular formula is C27H24F3N7O4S. The van der Waals surface area contributed by atoms with E-state index in [1.807, 2.05) is 7.05 Å². The maximum atomic E-state index is 13.4. The molecule has 2 fully saturated rings. The molecule has 1 saturated carbocycles. The van der Waals surface area contributed by atoms with E-state index in [-0.39, 0.29) is 27.8 Å². The van der Waals surface area contributed by atoms with Crippen molar-refractivity contribution in [3.63, 3.8) is 0 Å². The zero-order valence-electron chi connectivity index (χ0n) is 22.3. The quantitative estimate of drug-likeness (QED) is 0.300. The Balaban J connectivity index is 1.49. The lowest BCUT2D eigenvalue weighted by molar-refractivity contribution is -0.140. The number of aromatic carboxylic acids is 1. The number of halogens is 3. The highest BCUT2D eigenvalue weighted by Gasteiger charge is 2.56. The number of thiazole rings is 1. The fourth-order valence-corrected chi connectivity index (χ4v) is 6.52. The van der Waals surface area contributed by atoms with Crippen LogP contribution >= 0.6 is 11.3 Å². The van der Waals surface area contributed by atoms with Crippen molar-refractivity contribution >= 4 is 40.2 Å². The second kappa shape index (κ2) is 10.2. The van der Waals surface area contributed by atoms with Gasteiger partial charge in [-0.25, -0.2) is 24.5 Å². The highest BCUT2D eigenvalue weighted by Crippen LogP contribution is 2.55. The molecule has 1 saturated heterocycles. The molecule has 218 valence electrons. The third-order valence-electron chi connectivity index (χ3n) is 7.57. The van der Waals surface area contributed by atoms with Crippen molar-refractivity contribution in [2.45, 2.75) is 19.1 Å². The molecule has 5 heterocycles. The molecule has 2 amide bonds. The third-order valence-corrected chi connectivity index (χ3v) is 8.45. The van der Waals surface area contributed by atoms with Crippen molar-refractivity contribution in [3.8, 4) is 21.7 Å². The van der Waals surface area contributed by atoms with Crippen LogP contribution in [-0.2, 0) is 6.18 Å². The number of nitrogens with one attached hydrogen (secondary N) is 2. The first-order valence-corrected chi connectivity index (χ1v) is 13.9. The number of hydrogen-bond acceptors (Lipinski definition) is 8. The highest BCUT2D eigenvalue weighted by molar-refractivity contribution is 7.13. The van der Waals surface area contributed by atoms with Crippen molar-refractivity contribution in [2.24, 2.45) is 11.8 Å². The molecule has 4 aromatic heterocycles. The van der Waals surface area contributed by atoms with Gasteiger partial charge in [-0.15, -0.1) is 11.3 Å². The smallest absolute Gasteiger partial charge is 0.434 e. The molecule has 0 spiro atoms. The first kappa shape index (κ1) is 27.8. The zero-order valence-corrected chi connectivity index (χ0v) is 23.1. The zero-order chi connectivity index (χ0) is 29.9. The number of carbonyl (C=O) groups is 2. The van der Waals surface area contributed by atoms with Crippen LogP contribution in [-0.4, -0.2) is 68.2 Å². The van der Waals surface area contributed by atoms with Crippen molar-refractivity contribution in [3.05, 3.63) is 57.6 Å². The lowest BCUT2D eigenvalue weighted by Gasteiger charge is -2.18. The first-order chi connectivity index (χ1) is 20.0. The van der Waals surface area contributed by atoms with Gasteiger partial charge in [-0.2, -0.15) is 13.2 Å². The number of carboxylic acid groups (broad SMARTS) is 1. The number of carboxylic acids is 1. The van der Waals surface area contributed by atoms with Gasteiger partial charge in [0.2, 0.25) is 5.43 Å². The van der Waals surface area contributed by atoms with Crippen LogP contribution in [0.1, 0.15) is 29.0 Å². The van der Waals surface area contributed by atoms with Gasteiger partial charge in [-0.05, 0) is 37.9 Å². The molecule has 1 unspecified atom stereocenters. The molecule has 6 rings (SSSR count). The number of likely N-dealkylation sites (tertiary alicyclic amines) is 1. The van der Waals surface area contributed by atoms with Crippen molar-refractivity contribution in [2.75, 3.05) is 32.0 Å². The van der Waals surface area contributed by atoms with E-state index in [1.165, 1.54) is 30.7 Å². The average molecular weight is 600 g/mol. The topological polar surface area (TPSA) is 142 Å². The molecule has 3 N–H and O–H groups in total. The Morgan fingerprint density at radius 1 is 1.14 bits per heavy atom. The van der Waals surface area contributed by atoms with E-state index in [2.05, 4.69) is 30.5 Å².